The quantitative estimate of drug-likeness (QED) is 0.664. The van der Waals surface area contributed by atoms with Gasteiger partial charge < -0.3 is 11.1 Å². The van der Waals surface area contributed by atoms with E-state index in [-0.39, 0.29) is 24.0 Å². The van der Waals surface area contributed by atoms with Gasteiger partial charge in [-0.15, -0.1) is 12.4 Å². The fourth-order valence-electron chi connectivity index (χ4n) is 1.67. The lowest BCUT2D eigenvalue weighted by Gasteiger charge is -2.12. The Kier molecular flexibility index (Phi) is 2.99. The van der Waals surface area contributed by atoms with E-state index in [2.05, 4.69) is 10.4 Å². The van der Waals surface area contributed by atoms with Crippen molar-refractivity contribution < 1.29 is 9.59 Å². The highest BCUT2D eigenvalue weighted by atomic mass is 35.5. The van der Waals surface area contributed by atoms with Crippen molar-refractivity contribution in [1.29, 1.82) is 0 Å². The van der Waals surface area contributed by atoms with Crippen molar-refractivity contribution in [3.8, 4) is 0 Å². The molecule has 15 heavy (non-hydrogen) atoms. The van der Waals surface area contributed by atoms with Crippen molar-refractivity contribution in [2.45, 2.75) is 6.42 Å². The van der Waals surface area contributed by atoms with Gasteiger partial charge in [0.05, 0.1) is 0 Å². The average Bonchev–Trinajstić information content (AvgIpc) is 2.45. The number of aryl methyl sites for hydroxylation is 1. The summed E-state index contributed by atoms with van der Waals surface area (Å²) in [7, 11) is 1.62. The molecule has 1 aromatic rings. The number of carbonyl (C=O) groups is 2. The molecule has 0 aromatic carbocycles. The molecule has 0 saturated heterocycles. The Hall–Kier alpha value is -1.56. The van der Waals surface area contributed by atoms with Crippen molar-refractivity contribution in [2.24, 2.45) is 12.8 Å². The molecule has 2 heterocycles. The average molecular weight is 231 g/mol. The molecule has 0 fully saturated rings. The van der Waals surface area contributed by atoms with E-state index in [9.17, 15) is 9.59 Å². The van der Waals surface area contributed by atoms with Gasteiger partial charge in [0.1, 0.15) is 5.69 Å². The molecule has 0 spiro atoms. The maximum absolute atomic E-state index is 11.4. The minimum atomic E-state index is -0.587. The zero-order chi connectivity index (χ0) is 10.3. The standard InChI is InChI=1S/C8H10N4O2.ClH/c1-12-6-4(2-3-10-8(6)14)5(11-12)7(9)13;/h2-3H2,1H3,(H2,9,13)(H,10,14);1H. The lowest BCUT2D eigenvalue weighted by atomic mass is 10.1. The smallest absolute Gasteiger partial charge is 0.269 e. The predicted molar refractivity (Wildman–Crippen MR) is 55.0 cm³/mol. The van der Waals surface area contributed by atoms with Crippen LogP contribution in [0.4, 0.5) is 0 Å². The molecule has 6 nitrogen and oxygen atoms in total. The number of halogens is 1. The first-order valence-corrected chi connectivity index (χ1v) is 4.25. The first-order valence-electron chi connectivity index (χ1n) is 4.25. The summed E-state index contributed by atoms with van der Waals surface area (Å²) in [5, 5.41) is 6.60. The Labute approximate surface area is 92.2 Å². The third-order valence-electron chi connectivity index (χ3n) is 2.25. The second-order valence-corrected chi connectivity index (χ2v) is 3.17. The van der Waals surface area contributed by atoms with Gasteiger partial charge in [0.15, 0.2) is 5.69 Å². The normalized spacial score (nSPS) is 13.8. The Balaban J connectivity index is 0.00000112. The van der Waals surface area contributed by atoms with E-state index in [1.165, 1.54) is 4.68 Å². The van der Waals surface area contributed by atoms with E-state index in [4.69, 9.17) is 5.73 Å². The topological polar surface area (TPSA) is 90.0 Å². The van der Waals surface area contributed by atoms with Crippen LogP contribution in [0.25, 0.3) is 0 Å². The van der Waals surface area contributed by atoms with Crippen LogP contribution < -0.4 is 11.1 Å². The third-order valence-corrected chi connectivity index (χ3v) is 2.25. The molecule has 2 rings (SSSR count). The van der Waals surface area contributed by atoms with Crippen LogP contribution in [0.1, 0.15) is 26.5 Å². The van der Waals surface area contributed by atoms with E-state index < -0.39 is 5.91 Å². The third kappa shape index (κ3) is 1.68. The number of nitrogens with zero attached hydrogens (tertiary/aromatic N) is 2. The van der Waals surface area contributed by atoms with Crippen LogP contribution in [-0.2, 0) is 13.5 Å². The molecule has 1 aliphatic heterocycles. The molecular formula is C8H11ClN4O2. The van der Waals surface area contributed by atoms with Gasteiger partial charge in [-0.3, -0.25) is 14.3 Å². The minimum Gasteiger partial charge on any atom is -0.364 e. The van der Waals surface area contributed by atoms with Crippen LogP contribution in [0.2, 0.25) is 0 Å². The van der Waals surface area contributed by atoms with Crippen molar-refractivity contribution in [3.63, 3.8) is 0 Å². The van der Waals surface area contributed by atoms with Crippen molar-refractivity contribution in [1.82, 2.24) is 15.1 Å². The van der Waals surface area contributed by atoms with Crippen LogP contribution in [0.3, 0.4) is 0 Å². The Morgan fingerprint density at radius 1 is 1.60 bits per heavy atom. The summed E-state index contributed by atoms with van der Waals surface area (Å²) in [5.41, 5.74) is 6.45. The molecule has 0 aliphatic carbocycles. The first kappa shape index (κ1) is 11.5. The zero-order valence-corrected chi connectivity index (χ0v) is 8.93. The van der Waals surface area contributed by atoms with Gasteiger partial charge in [-0.1, -0.05) is 0 Å². The summed E-state index contributed by atoms with van der Waals surface area (Å²) >= 11 is 0. The molecule has 0 atom stereocenters. The van der Waals surface area contributed by atoms with Gasteiger partial charge in [-0.2, -0.15) is 5.10 Å². The van der Waals surface area contributed by atoms with E-state index in [1.54, 1.807) is 7.05 Å². The SMILES string of the molecule is Cl.Cn1nc(C(N)=O)c2c1C(=O)NCC2. The van der Waals surface area contributed by atoms with Crippen LogP contribution in [-0.4, -0.2) is 28.1 Å². The molecule has 0 saturated carbocycles. The highest BCUT2D eigenvalue weighted by Crippen LogP contribution is 2.16. The molecule has 3 N–H and O–H groups in total. The van der Waals surface area contributed by atoms with E-state index in [0.29, 0.717) is 24.2 Å². The lowest BCUT2D eigenvalue weighted by molar-refractivity contribution is 0.0936. The number of aromatic nitrogens is 2. The fourth-order valence-corrected chi connectivity index (χ4v) is 1.67. The van der Waals surface area contributed by atoms with Crippen LogP contribution in [0.5, 0.6) is 0 Å². The van der Waals surface area contributed by atoms with Crippen molar-refractivity contribution >= 4 is 24.2 Å². The molecule has 0 unspecified atom stereocenters. The fraction of sp³-hybridized carbons (Fsp3) is 0.375. The number of nitrogens with two attached hydrogens (primary N) is 1. The van der Waals surface area contributed by atoms with Gasteiger partial charge in [-0.25, -0.2) is 0 Å². The Morgan fingerprint density at radius 2 is 2.27 bits per heavy atom. The maximum atomic E-state index is 11.4. The van der Waals surface area contributed by atoms with Gasteiger partial charge in [0.25, 0.3) is 11.8 Å². The van der Waals surface area contributed by atoms with Crippen LogP contribution in [0.15, 0.2) is 0 Å². The highest BCUT2D eigenvalue weighted by molar-refractivity contribution is 6.00. The minimum absolute atomic E-state index is 0. The highest BCUT2D eigenvalue weighted by Gasteiger charge is 2.27. The molecule has 0 bridgehead atoms. The molecule has 0 radical (unpaired) electrons. The largest absolute Gasteiger partial charge is 0.364 e. The number of hydrogen-bond donors (Lipinski definition) is 2. The summed E-state index contributed by atoms with van der Waals surface area (Å²) in [6, 6.07) is 0. The summed E-state index contributed by atoms with van der Waals surface area (Å²) in [4.78, 5) is 22.4. The Bertz CT molecular complexity index is 427. The number of carbonyl (C=O) groups excluding carboxylic acids is 2. The Morgan fingerprint density at radius 3 is 2.87 bits per heavy atom. The molecule has 1 aliphatic rings. The summed E-state index contributed by atoms with van der Waals surface area (Å²) in [6.07, 6.45) is 0.604. The van der Waals surface area contributed by atoms with Gasteiger partial charge in [0, 0.05) is 19.2 Å². The molecule has 7 heteroatoms. The first-order chi connectivity index (χ1) is 6.61. The molecule has 2 amide bonds. The van der Waals surface area contributed by atoms with Crippen LogP contribution >= 0.6 is 12.4 Å². The number of hydrogen-bond acceptors (Lipinski definition) is 3. The van der Waals surface area contributed by atoms with Crippen molar-refractivity contribution in [3.05, 3.63) is 17.0 Å². The van der Waals surface area contributed by atoms with Crippen molar-refractivity contribution in [2.75, 3.05) is 6.54 Å². The maximum Gasteiger partial charge on any atom is 0.269 e. The second-order valence-electron chi connectivity index (χ2n) is 3.17. The van der Waals surface area contributed by atoms with E-state index >= 15 is 0 Å². The number of amides is 2. The summed E-state index contributed by atoms with van der Waals surface area (Å²) in [6.45, 7) is 0.526. The number of fused-ring (bicyclic) bond motifs is 1. The molecule has 1 aromatic heterocycles. The lowest BCUT2D eigenvalue weighted by Crippen LogP contribution is -2.33. The van der Waals surface area contributed by atoms with Gasteiger partial charge in [-0.05, 0) is 6.42 Å². The summed E-state index contributed by atoms with van der Waals surface area (Å²) < 4.78 is 1.39. The van der Waals surface area contributed by atoms with Crippen LogP contribution in [0, 0.1) is 0 Å². The number of rotatable bonds is 1. The monoisotopic (exact) mass is 230 g/mol. The second kappa shape index (κ2) is 3.90. The zero-order valence-electron chi connectivity index (χ0n) is 8.11. The predicted octanol–water partition coefficient (Wildman–Crippen LogP) is -0.773. The molecule has 82 valence electrons. The number of primary amides is 1. The van der Waals surface area contributed by atoms with E-state index in [0.717, 1.165) is 0 Å². The number of nitrogens with one attached hydrogen (secondary N) is 1. The summed E-state index contributed by atoms with van der Waals surface area (Å²) in [5.74, 6) is -0.787. The van der Waals surface area contributed by atoms with Gasteiger partial charge >= 0.3 is 0 Å². The molecular weight excluding hydrogens is 220 g/mol. The van der Waals surface area contributed by atoms with Gasteiger partial charge in [0.2, 0.25) is 0 Å². The van der Waals surface area contributed by atoms with E-state index in [1.807, 2.05) is 0 Å².